The van der Waals surface area contributed by atoms with Crippen LogP contribution in [0.3, 0.4) is 0 Å². The fourth-order valence-electron chi connectivity index (χ4n) is 6.98. The number of nitrogens with zero attached hydrogens (tertiary/aromatic N) is 5. The molecule has 6 aromatic carbocycles. The van der Waals surface area contributed by atoms with Crippen molar-refractivity contribution in [2.75, 3.05) is 0 Å². The first kappa shape index (κ1) is 32.2. The monoisotopic (exact) mass is 695 g/mol. The van der Waals surface area contributed by atoms with Gasteiger partial charge in [0.05, 0.1) is 79.5 Å². The van der Waals surface area contributed by atoms with Crippen LogP contribution in [0.5, 0.6) is 0 Å². The summed E-state index contributed by atoms with van der Waals surface area (Å²) in [5.74, 6) is 0. The van der Waals surface area contributed by atoms with Crippen LogP contribution in [0.15, 0.2) is 115 Å². The fourth-order valence-corrected chi connectivity index (χ4v) is 6.98. The highest BCUT2D eigenvalue weighted by molar-refractivity contribution is 6.12. The third-order valence-electron chi connectivity index (χ3n) is 9.22. The summed E-state index contributed by atoms with van der Waals surface area (Å²) >= 11 is 0. The van der Waals surface area contributed by atoms with Crippen molar-refractivity contribution in [2.45, 2.75) is 12.4 Å². The van der Waals surface area contributed by atoms with Crippen LogP contribution in [0.2, 0.25) is 0 Å². The molecule has 8 aromatic rings. The van der Waals surface area contributed by atoms with E-state index in [2.05, 4.69) is 12.1 Å². The first-order chi connectivity index (χ1) is 24.9. The number of nitriles is 3. The topological polar surface area (TPSA) is 81.2 Å². The highest BCUT2D eigenvalue weighted by Crippen LogP contribution is 2.43. The summed E-state index contributed by atoms with van der Waals surface area (Å²) in [4.78, 5) is 0. The first-order valence-electron chi connectivity index (χ1n) is 15.7. The second-order valence-corrected chi connectivity index (χ2v) is 12.2. The molecule has 0 bridgehead atoms. The normalized spacial score (nSPS) is 12.0. The molecule has 0 aliphatic carbocycles. The standard InChI is InChI=1S/C41H19F6N5/c42-40(43,44)27-10-12-32-30-6-2-4-8-35(30)52(37(32)18-27)39-19-33(25-13-24(21-49)14-28(16-25)41(45,46)47)26(22-50)17-38(39)51-34-7-3-1-5-29(34)31-11-9-23(20-48)15-36(31)51/h1-19H. The van der Waals surface area contributed by atoms with Crippen LogP contribution in [0.1, 0.15) is 27.8 Å². The van der Waals surface area contributed by atoms with Gasteiger partial charge in [0, 0.05) is 27.1 Å². The zero-order chi connectivity index (χ0) is 36.5. The number of aromatic nitrogens is 2. The van der Waals surface area contributed by atoms with Crippen LogP contribution in [-0.2, 0) is 12.4 Å². The maximum Gasteiger partial charge on any atom is 0.416 e. The van der Waals surface area contributed by atoms with E-state index in [9.17, 15) is 42.1 Å². The minimum atomic E-state index is -4.82. The summed E-state index contributed by atoms with van der Waals surface area (Å²) in [7, 11) is 0. The SMILES string of the molecule is N#Cc1cc(-c2cc(-n3c4ccccc4c4ccc(C(F)(F)F)cc43)c(-n3c4ccccc4c4ccc(C#N)cc43)cc2C#N)cc(C(F)(F)F)c1. The van der Waals surface area contributed by atoms with Crippen molar-refractivity contribution in [3.05, 3.63) is 143 Å². The molecule has 0 unspecified atom stereocenters. The van der Waals surface area contributed by atoms with Crippen LogP contribution in [0.25, 0.3) is 66.1 Å². The van der Waals surface area contributed by atoms with Gasteiger partial charge in [0.25, 0.3) is 0 Å². The Morgan fingerprint density at radius 1 is 0.442 bits per heavy atom. The lowest BCUT2D eigenvalue weighted by Gasteiger charge is -2.20. The minimum absolute atomic E-state index is 0.0280. The molecule has 0 fully saturated rings. The molecule has 0 aliphatic heterocycles. The summed E-state index contributed by atoms with van der Waals surface area (Å²) in [6, 6.07) is 34.5. The average Bonchev–Trinajstić information content (AvgIpc) is 3.65. The Balaban J connectivity index is 1.59. The van der Waals surface area contributed by atoms with Crippen LogP contribution >= 0.6 is 0 Å². The maximum atomic E-state index is 14.2. The number of fused-ring (bicyclic) bond motifs is 6. The maximum absolute atomic E-state index is 14.2. The van der Waals surface area contributed by atoms with Gasteiger partial charge in [0.1, 0.15) is 0 Å². The van der Waals surface area contributed by atoms with E-state index in [4.69, 9.17) is 0 Å². The number of rotatable bonds is 3. The lowest BCUT2D eigenvalue weighted by atomic mass is 9.95. The second-order valence-electron chi connectivity index (χ2n) is 12.2. The van der Waals surface area contributed by atoms with E-state index in [0.29, 0.717) is 44.6 Å². The molecule has 52 heavy (non-hydrogen) atoms. The minimum Gasteiger partial charge on any atom is -0.307 e. The van der Waals surface area contributed by atoms with Gasteiger partial charge in [-0.3, -0.25) is 0 Å². The zero-order valence-corrected chi connectivity index (χ0v) is 26.5. The lowest BCUT2D eigenvalue weighted by molar-refractivity contribution is -0.138. The molecule has 0 saturated carbocycles. The Hall–Kier alpha value is -7.03. The molecule has 0 amide bonds. The van der Waals surface area contributed by atoms with Gasteiger partial charge in [-0.2, -0.15) is 42.1 Å². The summed E-state index contributed by atoms with van der Waals surface area (Å²) in [6.45, 7) is 0. The quantitative estimate of drug-likeness (QED) is 0.173. The molecule has 0 aliphatic rings. The van der Waals surface area contributed by atoms with E-state index in [1.54, 1.807) is 63.7 Å². The lowest BCUT2D eigenvalue weighted by Crippen LogP contribution is -2.08. The van der Waals surface area contributed by atoms with E-state index in [0.717, 1.165) is 29.0 Å². The highest BCUT2D eigenvalue weighted by atomic mass is 19.4. The molecule has 8 rings (SSSR count). The molecule has 0 N–H and O–H groups in total. The van der Waals surface area contributed by atoms with Gasteiger partial charge in [-0.1, -0.05) is 48.5 Å². The molecule has 0 spiro atoms. The molecule has 250 valence electrons. The third-order valence-corrected chi connectivity index (χ3v) is 9.22. The summed E-state index contributed by atoms with van der Waals surface area (Å²) in [6.07, 6.45) is -9.51. The summed E-state index contributed by atoms with van der Waals surface area (Å²) in [5, 5.41) is 32.7. The van der Waals surface area contributed by atoms with E-state index in [-0.39, 0.29) is 33.5 Å². The van der Waals surface area contributed by atoms with Crippen LogP contribution in [0.4, 0.5) is 26.3 Å². The van der Waals surface area contributed by atoms with Crippen molar-refractivity contribution in [1.29, 1.82) is 15.8 Å². The van der Waals surface area contributed by atoms with Crippen LogP contribution in [-0.4, -0.2) is 9.13 Å². The molecule has 11 heteroatoms. The van der Waals surface area contributed by atoms with Gasteiger partial charge in [-0.25, -0.2) is 0 Å². The summed E-state index contributed by atoms with van der Waals surface area (Å²) in [5.41, 5.74) is 0.321. The predicted octanol–water partition coefficient (Wildman–Crippen LogP) is 11.2. The van der Waals surface area contributed by atoms with Crippen molar-refractivity contribution in [3.63, 3.8) is 0 Å². The van der Waals surface area contributed by atoms with E-state index in [1.165, 1.54) is 24.3 Å². The molecule has 0 atom stereocenters. The zero-order valence-electron chi connectivity index (χ0n) is 26.5. The van der Waals surface area contributed by atoms with E-state index < -0.39 is 23.5 Å². The van der Waals surface area contributed by atoms with E-state index in [1.807, 2.05) is 18.2 Å². The van der Waals surface area contributed by atoms with Crippen molar-refractivity contribution in [3.8, 4) is 40.7 Å². The van der Waals surface area contributed by atoms with Crippen molar-refractivity contribution in [1.82, 2.24) is 9.13 Å². The Labute approximate surface area is 290 Å². The number of alkyl halides is 6. The van der Waals surface area contributed by atoms with Gasteiger partial charge in [-0.05, 0) is 72.3 Å². The Morgan fingerprint density at radius 2 is 0.981 bits per heavy atom. The van der Waals surface area contributed by atoms with Crippen molar-refractivity contribution >= 4 is 43.6 Å². The van der Waals surface area contributed by atoms with Crippen LogP contribution < -0.4 is 0 Å². The molecular formula is C41H19F6N5. The molecule has 0 saturated heterocycles. The number of hydrogen-bond acceptors (Lipinski definition) is 3. The van der Waals surface area contributed by atoms with Crippen molar-refractivity contribution in [2.24, 2.45) is 0 Å². The number of hydrogen-bond donors (Lipinski definition) is 0. The summed E-state index contributed by atoms with van der Waals surface area (Å²) < 4.78 is 88.3. The first-order valence-corrected chi connectivity index (χ1v) is 15.7. The number of halogens is 6. The van der Waals surface area contributed by atoms with Gasteiger partial charge < -0.3 is 9.13 Å². The Morgan fingerprint density at radius 3 is 1.56 bits per heavy atom. The van der Waals surface area contributed by atoms with Gasteiger partial charge in [0.2, 0.25) is 0 Å². The highest BCUT2D eigenvalue weighted by Gasteiger charge is 2.33. The predicted molar refractivity (Wildman–Crippen MR) is 185 cm³/mol. The average molecular weight is 696 g/mol. The Bertz CT molecular complexity index is 2930. The number of para-hydroxylation sites is 2. The molecule has 0 radical (unpaired) electrons. The molecule has 2 aromatic heterocycles. The van der Waals surface area contributed by atoms with E-state index >= 15 is 0 Å². The molecule has 5 nitrogen and oxygen atoms in total. The largest absolute Gasteiger partial charge is 0.416 e. The van der Waals surface area contributed by atoms with Gasteiger partial charge in [0.15, 0.2) is 0 Å². The Kier molecular flexibility index (Phi) is 7.13. The molecule has 2 heterocycles. The van der Waals surface area contributed by atoms with Crippen molar-refractivity contribution < 1.29 is 26.3 Å². The number of benzene rings is 6. The molecular weight excluding hydrogens is 676 g/mol. The smallest absolute Gasteiger partial charge is 0.307 e. The fraction of sp³-hybridized carbons (Fsp3) is 0.0488. The third kappa shape index (κ3) is 5.01. The van der Waals surface area contributed by atoms with Gasteiger partial charge >= 0.3 is 12.4 Å². The van der Waals surface area contributed by atoms with Crippen LogP contribution in [0, 0.1) is 34.0 Å². The van der Waals surface area contributed by atoms with Gasteiger partial charge in [-0.15, -0.1) is 0 Å². The second kappa shape index (κ2) is 11.5.